The zero-order valence-electron chi connectivity index (χ0n) is 8.25. The highest BCUT2D eigenvalue weighted by Crippen LogP contribution is 2.14. The fraction of sp³-hybridized carbons (Fsp3) is 0.364. The summed E-state index contributed by atoms with van der Waals surface area (Å²) in [5, 5.41) is 0. The molecule has 0 bridgehead atoms. The maximum absolute atomic E-state index is 10.2. The number of carbonyl (C=O) groups excluding carboxylic acids is 1. The average molecular weight is 180 g/mol. The molecule has 0 aliphatic carbocycles. The molecule has 2 heteroatoms. The van der Waals surface area contributed by atoms with Crippen molar-refractivity contribution in [3.63, 3.8) is 0 Å². The van der Waals surface area contributed by atoms with Crippen LogP contribution < -0.4 is 0 Å². The molecule has 0 heterocycles. The summed E-state index contributed by atoms with van der Waals surface area (Å²) in [7, 11) is 1.57. The summed E-state index contributed by atoms with van der Waals surface area (Å²) in [4.78, 5) is 10.2. The van der Waals surface area contributed by atoms with Gasteiger partial charge in [-0.15, -0.1) is 0 Å². The first-order valence-corrected chi connectivity index (χ1v) is 4.16. The largest absolute Gasteiger partial charge is 0.497 e. The van der Waals surface area contributed by atoms with Crippen LogP contribution in [0, 0.1) is 5.92 Å². The van der Waals surface area contributed by atoms with Crippen LogP contribution in [0.4, 0.5) is 0 Å². The molecule has 0 aromatic rings. The Labute approximate surface area is 79.6 Å². The number of aldehydes is 1. The highest BCUT2D eigenvalue weighted by atomic mass is 16.5. The van der Waals surface area contributed by atoms with E-state index in [4.69, 9.17) is 4.74 Å². The molecule has 1 unspecified atom stereocenters. The van der Waals surface area contributed by atoms with E-state index in [0.717, 1.165) is 11.9 Å². The van der Waals surface area contributed by atoms with Crippen LogP contribution in [0.2, 0.25) is 0 Å². The molecule has 0 amide bonds. The lowest BCUT2D eigenvalue weighted by molar-refractivity contribution is -0.108. The summed E-state index contributed by atoms with van der Waals surface area (Å²) >= 11 is 0. The first-order valence-electron chi connectivity index (χ1n) is 4.16. The van der Waals surface area contributed by atoms with Crippen molar-refractivity contribution < 1.29 is 9.53 Å². The Balaban J connectivity index is 4.33. The van der Waals surface area contributed by atoms with Gasteiger partial charge in [0, 0.05) is 6.42 Å². The standard InChI is InChI=1S/C11H16O2/c1-5-11(13-4)8-10(3)9(2)6-7-12/h5,7-9H,1,3,6H2,2,4H3/b11-8+. The van der Waals surface area contributed by atoms with E-state index in [1.807, 2.05) is 6.92 Å². The molecular weight excluding hydrogens is 164 g/mol. The number of ether oxygens (including phenoxy) is 1. The lowest BCUT2D eigenvalue weighted by atomic mass is 9.99. The third kappa shape index (κ3) is 4.31. The van der Waals surface area contributed by atoms with Gasteiger partial charge in [-0.05, 0) is 23.6 Å². The molecule has 1 atom stereocenters. The fourth-order valence-electron chi connectivity index (χ4n) is 0.822. The molecule has 0 aromatic heterocycles. The summed E-state index contributed by atoms with van der Waals surface area (Å²) in [6, 6.07) is 0. The molecule has 0 aliphatic rings. The van der Waals surface area contributed by atoms with Gasteiger partial charge in [-0.3, -0.25) is 0 Å². The van der Waals surface area contributed by atoms with Crippen LogP contribution in [0.25, 0.3) is 0 Å². The molecular formula is C11H16O2. The van der Waals surface area contributed by atoms with Gasteiger partial charge in [0.25, 0.3) is 0 Å². The minimum atomic E-state index is 0.155. The lowest BCUT2D eigenvalue weighted by Gasteiger charge is -2.08. The molecule has 0 aromatic carbocycles. The quantitative estimate of drug-likeness (QED) is 0.356. The molecule has 0 saturated heterocycles. The molecule has 0 rings (SSSR count). The molecule has 13 heavy (non-hydrogen) atoms. The van der Waals surface area contributed by atoms with Gasteiger partial charge < -0.3 is 9.53 Å². The first kappa shape index (κ1) is 11.7. The molecule has 2 nitrogen and oxygen atoms in total. The van der Waals surface area contributed by atoms with Crippen molar-refractivity contribution in [3.05, 3.63) is 36.6 Å². The van der Waals surface area contributed by atoms with Crippen LogP contribution in [-0.2, 0) is 9.53 Å². The molecule has 0 spiro atoms. The van der Waals surface area contributed by atoms with E-state index in [9.17, 15) is 4.79 Å². The normalized spacial score (nSPS) is 13.2. The van der Waals surface area contributed by atoms with E-state index in [-0.39, 0.29) is 5.92 Å². The van der Waals surface area contributed by atoms with Crippen LogP contribution in [0.1, 0.15) is 13.3 Å². The van der Waals surface area contributed by atoms with Crippen LogP contribution in [0.15, 0.2) is 36.6 Å². The summed E-state index contributed by atoms with van der Waals surface area (Å²) in [5.41, 5.74) is 0.879. The first-order chi connectivity index (χ1) is 6.15. The second-order valence-corrected chi connectivity index (χ2v) is 2.83. The molecule has 0 aliphatic heterocycles. The van der Waals surface area contributed by atoms with Gasteiger partial charge in [-0.1, -0.05) is 20.1 Å². The summed E-state index contributed by atoms with van der Waals surface area (Å²) < 4.78 is 4.99. The SMILES string of the molecule is C=C/C(=C\C(=C)C(C)CC=O)OC. The Kier molecular flexibility index (Phi) is 5.60. The van der Waals surface area contributed by atoms with Gasteiger partial charge >= 0.3 is 0 Å². The average Bonchev–Trinajstić information content (AvgIpc) is 2.14. The van der Waals surface area contributed by atoms with Crippen LogP contribution in [0.5, 0.6) is 0 Å². The molecule has 72 valence electrons. The Morgan fingerprint density at radius 3 is 2.62 bits per heavy atom. The topological polar surface area (TPSA) is 26.3 Å². The van der Waals surface area contributed by atoms with E-state index in [2.05, 4.69) is 13.2 Å². The lowest BCUT2D eigenvalue weighted by Crippen LogP contribution is -1.97. The maximum Gasteiger partial charge on any atom is 0.120 e. The third-order valence-corrected chi connectivity index (χ3v) is 1.85. The van der Waals surface area contributed by atoms with Gasteiger partial charge in [0.1, 0.15) is 12.0 Å². The smallest absolute Gasteiger partial charge is 0.120 e. The number of methoxy groups -OCH3 is 1. The number of allylic oxidation sites excluding steroid dienone is 3. The maximum atomic E-state index is 10.2. The zero-order chi connectivity index (χ0) is 10.3. The summed E-state index contributed by atoms with van der Waals surface area (Å²) in [6.07, 6.45) is 4.79. The Morgan fingerprint density at radius 1 is 1.62 bits per heavy atom. The van der Waals surface area contributed by atoms with E-state index >= 15 is 0 Å². The second-order valence-electron chi connectivity index (χ2n) is 2.83. The van der Waals surface area contributed by atoms with Gasteiger partial charge in [0.05, 0.1) is 7.11 Å². The molecule has 0 saturated carbocycles. The highest BCUT2D eigenvalue weighted by molar-refractivity contribution is 5.51. The van der Waals surface area contributed by atoms with Gasteiger partial charge in [-0.2, -0.15) is 0 Å². The number of hydrogen-bond acceptors (Lipinski definition) is 2. The van der Waals surface area contributed by atoms with E-state index in [1.54, 1.807) is 19.3 Å². The number of rotatable bonds is 6. The van der Waals surface area contributed by atoms with Crippen molar-refractivity contribution in [1.82, 2.24) is 0 Å². The van der Waals surface area contributed by atoms with E-state index in [0.29, 0.717) is 12.2 Å². The van der Waals surface area contributed by atoms with E-state index in [1.165, 1.54) is 0 Å². The second kappa shape index (κ2) is 6.23. The van der Waals surface area contributed by atoms with Crippen molar-refractivity contribution in [2.24, 2.45) is 5.92 Å². The minimum Gasteiger partial charge on any atom is -0.497 e. The summed E-state index contributed by atoms with van der Waals surface area (Å²) in [6.45, 7) is 9.38. The summed E-state index contributed by atoms with van der Waals surface area (Å²) in [5.74, 6) is 0.824. The fourth-order valence-corrected chi connectivity index (χ4v) is 0.822. The van der Waals surface area contributed by atoms with Gasteiger partial charge in [0.2, 0.25) is 0 Å². The van der Waals surface area contributed by atoms with Crippen molar-refractivity contribution in [2.75, 3.05) is 7.11 Å². The molecule has 0 N–H and O–H groups in total. The highest BCUT2D eigenvalue weighted by Gasteiger charge is 2.03. The van der Waals surface area contributed by atoms with Crippen LogP contribution in [0.3, 0.4) is 0 Å². The Hall–Kier alpha value is -1.31. The predicted octanol–water partition coefficient (Wildman–Crippen LogP) is 2.48. The number of hydrogen-bond donors (Lipinski definition) is 0. The van der Waals surface area contributed by atoms with Crippen molar-refractivity contribution >= 4 is 6.29 Å². The number of carbonyl (C=O) groups is 1. The zero-order valence-corrected chi connectivity index (χ0v) is 8.25. The van der Waals surface area contributed by atoms with Gasteiger partial charge in [-0.25, -0.2) is 0 Å². The van der Waals surface area contributed by atoms with Crippen LogP contribution in [-0.4, -0.2) is 13.4 Å². The van der Waals surface area contributed by atoms with Crippen molar-refractivity contribution in [3.8, 4) is 0 Å². The van der Waals surface area contributed by atoms with Crippen LogP contribution >= 0.6 is 0 Å². The Morgan fingerprint density at radius 2 is 2.23 bits per heavy atom. The minimum absolute atomic E-state index is 0.155. The molecule has 0 fully saturated rings. The molecule has 0 radical (unpaired) electrons. The predicted molar refractivity (Wildman–Crippen MR) is 54.3 cm³/mol. The van der Waals surface area contributed by atoms with Crippen molar-refractivity contribution in [2.45, 2.75) is 13.3 Å². The monoisotopic (exact) mass is 180 g/mol. The Bertz CT molecular complexity index is 226. The third-order valence-electron chi connectivity index (χ3n) is 1.85. The van der Waals surface area contributed by atoms with Gasteiger partial charge in [0.15, 0.2) is 0 Å². The van der Waals surface area contributed by atoms with Crippen molar-refractivity contribution in [1.29, 1.82) is 0 Å². The van der Waals surface area contributed by atoms with E-state index < -0.39 is 0 Å².